The fraction of sp³-hybridized carbons (Fsp3) is 0.636. The summed E-state index contributed by atoms with van der Waals surface area (Å²) in [5.41, 5.74) is 5.84. The van der Waals surface area contributed by atoms with Gasteiger partial charge < -0.3 is 10.5 Å². The summed E-state index contributed by atoms with van der Waals surface area (Å²) in [5.74, 6) is -4.14. The third-order valence-corrected chi connectivity index (χ3v) is 2.39. The maximum absolute atomic E-state index is 12.8. The molecule has 19 heavy (non-hydrogen) atoms. The highest BCUT2D eigenvalue weighted by atomic mass is 19.3. The lowest BCUT2D eigenvalue weighted by molar-refractivity contribution is -0.148. The quantitative estimate of drug-likeness (QED) is 0.843. The number of aromatic nitrogens is 2. The van der Waals surface area contributed by atoms with E-state index in [9.17, 15) is 17.6 Å². The number of hydrogen-bond donors (Lipinski definition) is 1. The van der Waals surface area contributed by atoms with Gasteiger partial charge in [-0.3, -0.25) is 0 Å². The average molecular weight is 281 g/mol. The van der Waals surface area contributed by atoms with E-state index in [2.05, 4.69) is 14.7 Å². The van der Waals surface area contributed by atoms with Crippen LogP contribution in [0.3, 0.4) is 0 Å². The number of ether oxygens (including phenoxy) is 1. The number of nitrogens with two attached hydrogens (primary N) is 1. The lowest BCUT2D eigenvalue weighted by Crippen LogP contribution is -2.34. The zero-order valence-corrected chi connectivity index (χ0v) is 10.8. The molecule has 0 aromatic carbocycles. The molecule has 4 nitrogen and oxygen atoms in total. The van der Waals surface area contributed by atoms with E-state index >= 15 is 0 Å². The van der Waals surface area contributed by atoms with Gasteiger partial charge in [0.2, 0.25) is 5.88 Å². The van der Waals surface area contributed by atoms with E-state index in [1.165, 1.54) is 6.92 Å². The summed E-state index contributed by atoms with van der Waals surface area (Å²) in [6.45, 7) is 3.57. The van der Waals surface area contributed by atoms with Gasteiger partial charge in [-0.2, -0.15) is 13.8 Å². The van der Waals surface area contributed by atoms with Crippen molar-refractivity contribution in [3.63, 3.8) is 0 Å². The Bertz CT molecular complexity index is 452. The molecule has 2 N–H and O–H groups in total. The van der Waals surface area contributed by atoms with E-state index in [0.29, 0.717) is 5.82 Å². The highest BCUT2D eigenvalue weighted by molar-refractivity contribution is 5.44. The molecule has 1 rings (SSSR count). The Morgan fingerprint density at radius 1 is 1.26 bits per heavy atom. The van der Waals surface area contributed by atoms with Crippen LogP contribution < -0.4 is 10.5 Å². The van der Waals surface area contributed by atoms with Crippen molar-refractivity contribution in [2.24, 2.45) is 0 Å². The molecule has 1 aromatic heterocycles. The normalized spacial score (nSPS) is 12.3. The predicted octanol–water partition coefficient (Wildman–Crippen LogP) is 2.77. The van der Waals surface area contributed by atoms with Crippen molar-refractivity contribution in [3.05, 3.63) is 11.4 Å². The Morgan fingerprint density at radius 3 is 2.32 bits per heavy atom. The topological polar surface area (TPSA) is 61.0 Å². The third kappa shape index (κ3) is 3.68. The summed E-state index contributed by atoms with van der Waals surface area (Å²) in [5, 5.41) is 0. The minimum absolute atomic E-state index is 0.0778. The first-order valence-corrected chi connectivity index (χ1v) is 5.58. The number of nitrogens with zero attached hydrogens (tertiary/aromatic N) is 2. The van der Waals surface area contributed by atoms with Gasteiger partial charge in [-0.1, -0.05) is 13.8 Å². The number of anilines is 1. The van der Waals surface area contributed by atoms with E-state index < -0.39 is 19.0 Å². The number of halogens is 4. The standard InChI is InChI=1S/C11H15F4N3O/c1-5(2)8-17-7(16)6(3)9(18-8)19-4-11(14,15)10(12)13/h5,10H,4H2,1-3H3,(H2,16,17,18). The molecule has 0 aliphatic rings. The van der Waals surface area contributed by atoms with Crippen LogP contribution in [0.25, 0.3) is 0 Å². The first-order valence-electron chi connectivity index (χ1n) is 5.58. The molecule has 0 fully saturated rings. The van der Waals surface area contributed by atoms with Gasteiger partial charge >= 0.3 is 12.3 Å². The smallest absolute Gasteiger partial charge is 0.340 e. The number of rotatable bonds is 5. The van der Waals surface area contributed by atoms with Gasteiger partial charge in [-0.25, -0.2) is 13.8 Å². The molecule has 0 aliphatic carbocycles. The van der Waals surface area contributed by atoms with E-state index in [-0.39, 0.29) is 23.2 Å². The van der Waals surface area contributed by atoms with E-state index in [1.807, 2.05) is 0 Å². The van der Waals surface area contributed by atoms with Crippen LogP contribution in [-0.2, 0) is 0 Å². The molecule has 0 amide bonds. The van der Waals surface area contributed by atoms with Crippen molar-refractivity contribution < 1.29 is 22.3 Å². The fourth-order valence-electron chi connectivity index (χ4n) is 1.16. The van der Waals surface area contributed by atoms with Gasteiger partial charge in [0.1, 0.15) is 11.6 Å². The minimum Gasteiger partial charge on any atom is -0.471 e. The van der Waals surface area contributed by atoms with Crippen molar-refractivity contribution in [2.45, 2.75) is 39.0 Å². The monoisotopic (exact) mass is 281 g/mol. The lowest BCUT2D eigenvalue weighted by atomic mass is 10.2. The Morgan fingerprint density at radius 2 is 1.84 bits per heavy atom. The molecule has 0 saturated carbocycles. The van der Waals surface area contributed by atoms with Gasteiger partial charge in [-0.05, 0) is 6.92 Å². The second-order valence-corrected chi connectivity index (χ2v) is 4.40. The lowest BCUT2D eigenvalue weighted by Gasteiger charge is -2.17. The van der Waals surface area contributed by atoms with Crippen LogP contribution in [0.4, 0.5) is 23.4 Å². The Balaban J connectivity index is 2.95. The van der Waals surface area contributed by atoms with Crippen LogP contribution in [-0.4, -0.2) is 28.9 Å². The molecule has 8 heteroatoms. The highest BCUT2D eigenvalue weighted by Gasteiger charge is 2.42. The summed E-state index contributed by atoms with van der Waals surface area (Å²) in [6, 6.07) is 0. The maximum atomic E-state index is 12.8. The zero-order valence-electron chi connectivity index (χ0n) is 10.8. The Kier molecular flexibility index (Phi) is 4.54. The van der Waals surface area contributed by atoms with Crippen molar-refractivity contribution in [3.8, 4) is 5.88 Å². The molecular formula is C11H15F4N3O. The molecule has 0 unspecified atom stereocenters. The molecule has 1 heterocycles. The van der Waals surface area contributed by atoms with Crippen molar-refractivity contribution in [1.29, 1.82) is 0 Å². The van der Waals surface area contributed by atoms with E-state index in [4.69, 9.17) is 5.73 Å². The highest BCUT2D eigenvalue weighted by Crippen LogP contribution is 2.27. The van der Waals surface area contributed by atoms with Crippen molar-refractivity contribution in [1.82, 2.24) is 9.97 Å². The largest absolute Gasteiger partial charge is 0.471 e. The first kappa shape index (κ1) is 15.5. The molecular weight excluding hydrogens is 266 g/mol. The number of hydrogen-bond acceptors (Lipinski definition) is 4. The van der Waals surface area contributed by atoms with Gasteiger partial charge in [0.05, 0.1) is 5.56 Å². The molecule has 108 valence electrons. The fourth-order valence-corrected chi connectivity index (χ4v) is 1.16. The summed E-state index contributed by atoms with van der Waals surface area (Å²) in [4.78, 5) is 7.87. The predicted molar refractivity (Wildman–Crippen MR) is 61.7 cm³/mol. The summed E-state index contributed by atoms with van der Waals surface area (Å²) in [7, 11) is 0. The number of nitrogen functional groups attached to an aromatic ring is 1. The van der Waals surface area contributed by atoms with Gasteiger partial charge in [0.15, 0.2) is 6.61 Å². The molecule has 1 aromatic rings. The summed E-state index contributed by atoms with van der Waals surface area (Å²) in [6.07, 6.45) is -3.79. The summed E-state index contributed by atoms with van der Waals surface area (Å²) < 4.78 is 54.3. The molecule has 0 atom stereocenters. The maximum Gasteiger partial charge on any atom is 0.340 e. The van der Waals surface area contributed by atoms with Crippen LogP contribution in [0.2, 0.25) is 0 Å². The van der Waals surface area contributed by atoms with Crippen LogP contribution in [0.15, 0.2) is 0 Å². The molecule has 0 bridgehead atoms. The van der Waals surface area contributed by atoms with Gasteiger partial charge in [0.25, 0.3) is 0 Å². The van der Waals surface area contributed by atoms with Gasteiger partial charge in [0, 0.05) is 5.92 Å². The molecule has 0 aliphatic heterocycles. The van der Waals surface area contributed by atoms with Gasteiger partial charge in [-0.15, -0.1) is 0 Å². The average Bonchev–Trinajstić information content (AvgIpc) is 2.30. The van der Waals surface area contributed by atoms with E-state index in [1.54, 1.807) is 13.8 Å². The Labute approximate surface area is 108 Å². The minimum atomic E-state index is -4.23. The van der Waals surface area contributed by atoms with E-state index in [0.717, 1.165) is 0 Å². The third-order valence-electron chi connectivity index (χ3n) is 2.39. The molecule has 0 saturated heterocycles. The Hall–Kier alpha value is -1.60. The van der Waals surface area contributed by atoms with Crippen LogP contribution in [0, 0.1) is 6.92 Å². The number of alkyl halides is 4. The molecule has 0 radical (unpaired) electrons. The zero-order chi connectivity index (χ0) is 14.8. The van der Waals surface area contributed by atoms with Crippen LogP contribution in [0.5, 0.6) is 5.88 Å². The van der Waals surface area contributed by atoms with Crippen molar-refractivity contribution in [2.75, 3.05) is 12.3 Å². The van der Waals surface area contributed by atoms with Crippen LogP contribution in [0.1, 0.15) is 31.2 Å². The second kappa shape index (κ2) is 5.58. The SMILES string of the molecule is Cc1c(N)nc(C(C)C)nc1OCC(F)(F)C(F)F. The first-order chi connectivity index (χ1) is 8.65. The molecule has 0 spiro atoms. The second-order valence-electron chi connectivity index (χ2n) is 4.40. The van der Waals surface area contributed by atoms with Crippen LogP contribution >= 0.6 is 0 Å². The summed E-state index contributed by atoms with van der Waals surface area (Å²) >= 11 is 0. The van der Waals surface area contributed by atoms with Crippen molar-refractivity contribution >= 4 is 5.82 Å².